The van der Waals surface area contributed by atoms with Gasteiger partial charge >= 0.3 is 5.97 Å². The normalized spacial score (nSPS) is 25.9. The third-order valence-corrected chi connectivity index (χ3v) is 1.64. The lowest BCUT2D eigenvalue weighted by Gasteiger charge is -2.19. The number of carbonyl (C=O) groups excluding carboxylic acids is 1. The SMILES string of the molecule is COC(=O)C1CCCCO1. The summed E-state index contributed by atoms with van der Waals surface area (Å²) in [5.41, 5.74) is 0. The van der Waals surface area contributed by atoms with Gasteiger partial charge in [0.05, 0.1) is 7.11 Å². The number of hydrogen-bond donors (Lipinski definition) is 0. The summed E-state index contributed by atoms with van der Waals surface area (Å²) in [4.78, 5) is 10.8. The van der Waals surface area contributed by atoms with E-state index in [0.29, 0.717) is 6.61 Å². The van der Waals surface area contributed by atoms with Crippen molar-refractivity contribution in [3.8, 4) is 0 Å². The van der Waals surface area contributed by atoms with Crippen LogP contribution in [0.2, 0.25) is 0 Å². The molecule has 0 aliphatic carbocycles. The molecule has 1 rings (SSSR count). The lowest BCUT2D eigenvalue weighted by Crippen LogP contribution is -2.28. The predicted octanol–water partition coefficient (Wildman–Crippen LogP) is 0.728. The number of rotatable bonds is 1. The van der Waals surface area contributed by atoms with Crippen LogP contribution < -0.4 is 0 Å². The zero-order chi connectivity index (χ0) is 7.40. The highest BCUT2D eigenvalue weighted by atomic mass is 16.6. The number of esters is 1. The Bertz CT molecular complexity index is 116. The summed E-state index contributed by atoms with van der Waals surface area (Å²) in [6.45, 7) is 0.694. The average molecular weight is 144 g/mol. The van der Waals surface area contributed by atoms with Gasteiger partial charge in [0.15, 0.2) is 6.10 Å². The molecule has 1 unspecified atom stereocenters. The molecule has 0 aromatic rings. The molecule has 0 aromatic heterocycles. The summed E-state index contributed by atoms with van der Waals surface area (Å²) in [6.07, 6.45) is 2.65. The molecule has 0 aromatic carbocycles. The van der Waals surface area contributed by atoms with E-state index in [1.165, 1.54) is 7.11 Å². The van der Waals surface area contributed by atoms with Crippen LogP contribution in [0.15, 0.2) is 0 Å². The molecule has 3 heteroatoms. The van der Waals surface area contributed by atoms with Crippen molar-refractivity contribution in [2.24, 2.45) is 0 Å². The first-order valence-corrected chi connectivity index (χ1v) is 3.54. The molecule has 1 aliphatic rings. The number of ether oxygens (including phenoxy) is 2. The molecule has 3 nitrogen and oxygen atoms in total. The maximum absolute atomic E-state index is 10.8. The van der Waals surface area contributed by atoms with Crippen molar-refractivity contribution in [2.45, 2.75) is 25.4 Å². The topological polar surface area (TPSA) is 35.5 Å². The van der Waals surface area contributed by atoms with Crippen molar-refractivity contribution in [3.05, 3.63) is 0 Å². The smallest absolute Gasteiger partial charge is 0.334 e. The van der Waals surface area contributed by atoms with Crippen LogP contribution in [0.5, 0.6) is 0 Å². The molecule has 1 atom stereocenters. The maximum Gasteiger partial charge on any atom is 0.334 e. The lowest BCUT2D eigenvalue weighted by atomic mass is 10.1. The van der Waals surface area contributed by atoms with Crippen LogP contribution in [0.4, 0.5) is 0 Å². The molecule has 58 valence electrons. The zero-order valence-electron chi connectivity index (χ0n) is 6.13. The van der Waals surface area contributed by atoms with Crippen LogP contribution in [0, 0.1) is 0 Å². The molecule has 0 radical (unpaired) electrons. The summed E-state index contributed by atoms with van der Waals surface area (Å²) in [7, 11) is 1.39. The van der Waals surface area contributed by atoms with Crippen molar-refractivity contribution in [2.75, 3.05) is 13.7 Å². The molecule has 0 spiro atoms. The van der Waals surface area contributed by atoms with Gasteiger partial charge < -0.3 is 9.47 Å². The van der Waals surface area contributed by atoms with Gasteiger partial charge in [-0.05, 0) is 19.3 Å². The molecule has 1 fully saturated rings. The van der Waals surface area contributed by atoms with Crippen molar-refractivity contribution in [1.82, 2.24) is 0 Å². The van der Waals surface area contributed by atoms with E-state index < -0.39 is 0 Å². The van der Waals surface area contributed by atoms with E-state index in [2.05, 4.69) is 4.74 Å². The summed E-state index contributed by atoms with van der Waals surface area (Å²) < 4.78 is 9.68. The highest BCUT2D eigenvalue weighted by molar-refractivity contribution is 5.74. The van der Waals surface area contributed by atoms with Crippen LogP contribution in [0.3, 0.4) is 0 Å². The van der Waals surface area contributed by atoms with E-state index in [4.69, 9.17) is 4.74 Å². The van der Waals surface area contributed by atoms with Gasteiger partial charge in [0, 0.05) is 6.61 Å². The summed E-state index contributed by atoms with van der Waals surface area (Å²) >= 11 is 0. The molecule has 0 bridgehead atoms. The van der Waals surface area contributed by atoms with Gasteiger partial charge in [-0.25, -0.2) is 4.79 Å². The first-order chi connectivity index (χ1) is 4.84. The van der Waals surface area contributed by atoms with E-state index in [1.807, 2.05) is 0 Å². The Labute approximate surface area is 60.3 Å². The minimum absolute atomic E-state index is 0.236. The van der Waals surface area contributed by atoms with Gasteiger partial charge in [-0.1, -0.05) is 0 Å². The molecule has 0 saturated carbocycles. The molecule has 1 saturated heterocycles. The highest BCUT2D eigenvalue weighted by Crippen LogP contribution is 2.13. The molecule has 10 heavy (non-hydrogen) atoms. The van der Waals surface area contributed by atoms with E-state index in [9.17, 15) is 4.79 Å². The van der Waals surface area contributed by atoms with Gasteiger partial charge in [0.1, 0.15) is 0 Å². The standard InChI is InChI=1S/C7H12O3/c1-9-7(8)6-4-2-3-5-10-6/h6H,2-5H2,1H3. The lowest BCUT2D eigenvalue weighted by molar-refractivity contribution is -0.156. The minimum Gasteiger partial charge on any atom is -0.467 e. The third-order valence-electron chi connectivity index (χ3n) is 1.64. The van der Waals surface area contributed by atoms with Crippen molar-refractivity contribution >= 4 is 5.97 Å². The Morgan fingerprint density at radius 2 is 2.40 bits per heavy atom. The van der Waals surface area contributed by atoms with Crippen LogP contribution in [-0.2, 0) is 14.3 Å². The van der Waals surface area contributed by atoms with E-state index in [0.717, 1.165) is 19.3 Å². The molecular weight excluding hydrogens is 132 g/mol. The molecule has 1 aliphatic heterocycles. The molecular formula is C7H12O3. The first-order valence-electron chi connectivity index (χ1n) is 3.54. The molecule has 1 heterocycles. The highest BCUT2D eigenvalue weighted by Gasteiger charge is 2.21. The van der Waals surface area contributed by atoms with Crippen LogP contribution in [0.1, 0.15) is 19.3 Å². The van der Waals surface area contributed by atoms with Gasteiger partial charge in [-0.2, -0.15) is 0 Å². The fourth-order valence-corrected chi connectivity index (χ4v) is 1.06. The van der Waals surface area contributed by atoms with E-state index in [1.54, 1.807) is 0 Å². The van der Waals surface area contributed by atoms with Crippen molar-refractivity contribution in [3.63, 3.8) is 0 Å². The van der Waals surface area contributed by atoms with Crippen LogP contribution >= 0.6 is 0 Å². The first kappa shape index (κ1) is 7.54. The predicted molar refractivity (Wildman–Crippen MR) is 35.6 cm³/mol. The minimum atomic E-state index is -0.293. The second-order valence-electron chi connectivity index (χ2n) is 2.38. The van der Waals surface area contributed by atoms with Crippen molar-refractivity contribution < 1.29 is 14.3 Å². The zero-order valence-corrected chi connectivity index (χ0v) is 6.13. The van der Waals surface area contributed by atoms with Gasteiger partial charge in [-0.15, -0.1) is 0 Å². The number of carbonyl (C=O) groups is 1. The Kier molecular flexibility index (Phi) is 2.68. The fraction of sp³-hybridized carbons (Fsp3) is 0.857. The average Bonchev–Trinajstić information content (AvgIpc) is 2.05. The Hall–Kier alpha value is -0.570. The number of methoxy groups -OCH3 is 1. The van der Waals surface area contributed by atoms with Gasteiger partial charge in [0.2, 0.25) is 0 Å². The quantitative estimate of drug-likeness (QED) is 0.509. The second-order valence-corrected chi connectivity index (χ2v) is 2.38. The maximum atomic E-state index is 10.8. The van der Waals surface area contributed by atoms with E-state index in [-0.39, 0.29) is 12.1 Å². The van der Waals surface area contributed by atoms with Gasteiger partial charge in [-0.3, -0.25) is 0 Å². The largest absolute Gasteiger partial charge is 0.467 e. The van der Waals surface area contributed by atoms with Crippen molar-refractivity contribution in [1.29, 1.82) is 0 Å². The fourth-order valence-electron chi connectivity index (χ4n) is 1.06. The number of hydrogen-bond acceptors (Lipinski definition) is 3. The second kappa shape index (κ2) is 3.56. The third kappa shape index (κ3) is 1.70. The monoisotopic (exact) mass is 144 g/mol. The van der Waals surface area contributed by atoms with Crippen LogP contribution in [-0.4, -0.2) is 25.8 Å². The Balaban J connectivity index is 2.31. The summed E-state index contributed by atoms with van der Waals surface area (Å²) in [5.74, 6) is -0.236. The molecule has 0 N–H and O–H groups in total. The summed E-state index contributed by atoms with van der Waals surface area (Å²) in [5, 5.41) is 0. The van der Waals surface area contributed by atoms with E-state index >= 15 is 0 Å². The Morgan fingerprint density at radius 1 is 1.60 bits per heavy atom. The molecule has 0 amide bonds. The Morgan fingerprint density at radius 3 is 2.90 bits per heavy atom. The summed E-state index contributed by atoms with van der Waals surface area (Å²) in [6, 6.07) is 0. The van der Waals surface area contributed by atoms with Gasteiger partial charge in [0.25, 0.3) is 0 Å². The van der Waals surface area contributed by atoms with Crippen LogP contribution in [0.25, 0.3) is 0 Å².